The predicted octanol–water partition coefficient (Wildman–Crippen LogP) is 10.2. The summed E-state index contributed by atoms with van der Waals surface area (Å²) in [7, 11) is 0. The van der Waals surface area contributed by atoms with Crippen LogP contribution >= 0.6 is 0 Å². The highest BCUT2D eigenvalue weighted by Gasteiger charge is 2.28. The summed E-state index contributed by atoms with van der Waals surface area (Å²) in [6.45, 7) is 25.6. The minimum Gasteiger partial charge on any atom is -0.507 e. The number of carbonyl (C=O) groups is 2. The van der Waals surface area contributed by atoms with Gasteiger partial charge in [-0.25, -0.2) is 0 Å². The summed E-state index contributed by atoms with van der Waals surface area (Å²) >= 11 is 0. The van der Waals surface area contributed by atoms with Crippen LogP contribution in [-0.2, 0) is 53.6 Å². The number of phenolic OH excluding ortho intramolecular Hbond substituents is 1. The number of hydrogen-bond acceptors (Lipinski definition) is 7. The van der Waals surface area contributed by atoms with Crippen LogP contribution in [0.5, 0.6) is 5.75 Å². The summed E-state index contributed by atoms with van der Waals surface area (Å²) in [6.07, 6.45) is 4.96. The first-order chi connectivity index (χ1) is 21.6. The first-order valence-corrected chi connectivity index (χ1v) is 17.2. The molecule has 0 aliphatic carbocycles. The van der Waals surface area contributed by atoms with E-state index in [1.54, 1.807) is 0 Å². The minimum absolute atomic E-state index is 0.213. The molecule has 2 aromatic rings. The van der Waals surface area contributed by atoms with Crippen molar-refractivity contribution < 1.29 is 24.2 Å². The monoisotopic (exact) mass is 651 g/mol. The van der Waals surface area contributed by atoms with Gasteiger partial charge in [-0.2, -0.15) is 0 Å². The Hall–Kier alpha value is -3.22. The third-order valence-corrected chi connectivity index (χ3v) is 8.46. The van der Waals surface area contributed by atoms with E-state index >= 15 is 0 Å². The maximum atomic E-state index is 12.5. The van der Waals surface area contributed by atoms with Crippen LogP contribution in [0.3, 0.4) is 0 Å². The van der Waals surface area contributed by atoms with Crippen molar-refractivity contribution in [1.82, 2.24) is 0 Å². The van der Waals surface area contributed by atoms with Crippen LogP contribution in [0.2, 0.25) is 0 Å². The van der Waals surface area contributed by atoms with Crippen LogP contribution in [0.25, 0.3) is 0 Å². The summed E-state index contributed by atoms with van der Waals surface area (Å²) in [4.78, 5) is 36.7. The van der Waals surface area contributed by atoms with Crippen molar-refractivity contribution >= 4 is 17.6 Å². The van der Waals surface area contributed by atoms with E-state index in [-0.39, 0.29) is 40.0 Å². The number of phenols is 1. The molecule has 7 nitrogen and oxygen atoms in total. The number of hydrogen-bond donors (Lipinski definition) is 1. The van der Waals surface area contributed by atoms with Crippen molar-refractivity contribution in [3.8, 4) is 5.75 Å². The Kier molecular flexibility index (Phi) is 13.8. The highest BCUT2D eigenvalue weighted by molar-refractivity contribution is 5.70. The second kappa shape index (κ2) is 16.3. The molecule has 0 heterocycles. The van der Waals surface area contributed by atoms with E-state index in [1.165, 1.54) is 0 Å². The molecule has 47 heavy (non-hydrogen) atoms. The Morgan fingerprint density at radius 3 is 1.19 bits per heavy atom. The van der Waals surface area contributed by atoms with E-state index in [4.69, 9.17) is 9.47 Å². The van der Waals surface area contributed by atoms with E-state index in [0.717, 1.165) is 59.1 Å². The molecule has 0 aliphatic rings. The summed E-state index contributed by atoms with van der Waals surface area (Å²) in [5, 5.41) is 14.3. The van der Waals surface area contributed by atoms with Crippen LogP contribution in [0.1, 0.15) is 155 Å². The molecule has 0 aliphatic heterocycles. The number of nitroso groups, excluding NO2 is 1. The molecule has 2 rings (SSSR count). The lowest BCUT2D eigenvalue weighted by Gasteiger charge is -2.28. The maximum absolute atomic E-state index is 12.5. The SMILES string of the molecule is CC(C)(C)c1cc(CCC(=O)OCCCCCCOC(=O)CCc2cc(C(C)(C)C)c(N=O)c(C(C)(C)C)c2)cc(C(C)(C)C)c1O. The third kappa shape index (κ3) is 12.4. The van der Waals surface area contributed by atoms with Crippen molar-refractivity contribution in [3.05, 3.63) is 62.6 Å². The Morgan fingerprint density at radius 2 is 0.894 bits per heavy atom. The fourth-order valence-corrected chi connectivity index (χ4v) is 5.63. The number of carbonyl (C=O) groups excluding carboxylic acids is 2. The minimum atomic E-state index is -0.251. The molecule has 0 bridgehead atoms. The normalized spacial score (nSPS) is 12.6. The molecule has 1 N–H and O–H groups in total. The topological polar surface area (TPSA) is 102 Å². The largest absolute Gasteiger partial charge is 0.507 e. The second-order valence-corrected chi connectivity index (χ2v) is 17.0. The Labute approximate surface area is 284 Å². The first-order valence-electron chi connectivity index (χ1n) is 17.2. The molecule has 7 heteroatoms. The quantitative estimate of drug-likeness (QED) is 0.124. The first kappa shape index (κ1) is 40.0. The van der Waals surface area contributed by atoms with E-state index in [2.05, 4.69) is 88.3 Å². The highest BCUT2D eigenvalue weighted by Crippen LogP contribution is 2.42. The van der Waals surface area contributed by atoms with Crippen LogP contribution in [0.15, 0.2) is 29.4 Å². The average Bonchev–Trinajstić information content (AvgIpc) is 2.94. The van der Waals surface area contributed by atoms with E-state index in [0.29, 0.717) is 43.9 Å². The molecule has 0 atom stereocenters. The maximum Gasteiger partial charge on any atom is 0.306 e. The smallest absolute Gasteiger partial charge is 0.306 e. The molecular formula is C40H61NO6. The highest BCUT2D eigenvalue weighted by atomic mass is 16.5. The van der Waals surface area contributed by atoms with Crippen molar-refractivity contribution in [2.75, 3.05) is 13.2 Å². The summed E-state index contributed by atoms with van der Waals surface area (Å²) in [5.74, 6) is -0.109. The van der Waals surface area contributed by atoms with Gasteiger partial charge < -0.3 is 14.6 Å². The van der Waals surface area contributed by atoms with E-state index < -0.39 is 0 Å². The number of unbranched alkanes of at least 4 members (excludes halogenated alkanes) is 3. The van der Waals surface area contributed by atoms with Crippen molar-refractivity contribution in [2.45, 2.75) is 156 Å². The van der Waals surface area contributed by atoms with Gasteiger partial charge in [0.15, 0.2) is 0 Å². The van der Waals surface area contributed by atoms with E-state index in [1.807, 2.05) is 24.3 Å². The van der Waals surface area contributed by atoms with Gasteiger partial charge >= 0.3 is 11.9 Å². The van der Waals surface area contributed by atoms with Crippen molar-refractivity contribution in [3.63, 3.8) is 0 Å². The number of nitrogens with zero attached hydrogens (tertiary/aromatic N) is 1. The standard InChI is InChI=1S/C40H61NO6/c1-37(2,3)29-23-27(24-30(35(29)41-45)38(4,5)6)17-19-33(42)46-21-15-13-14-16-22-47-34(43)20-18-28-25-31(39(7,8)9)36(44)32(26-28)40(10,11)12/h23-26,44H,13-22H2,1-12H3. The van der Waals surface area contributed by atoms with Crippen LogP contribution in [0, 0.1) is 4.91 Å². The zero-order valence-electron chi connectivity index (χ0n) is 31.3. The van der Waals surface area contributed by atoms with Crippen molar-refractivity contribution in [1.29, 1.82) is 0 Å². The van der Waals surface area contributed by atoms with Gasteiger partial charge in [0.2, 0.25) is 0 Å². The van der Waals surface area contributed by atoms with Gasteiger partial charge in [0.25, 0.3) is 0 Å². The van der Waals surface area contributed by atoms with Gasteiger partial charge in [0, 0.05) is 12.8 Å². The number of aryl methyl sites for hydroxylation is 2. The lowest BCUT2D eigenvalue weighted by Crippen LogP contribution is -2.18. The summed E-state index contributed by atoms with van der Waals surface area (Å²) in [6, 6.07) is 8.04. The summed E-state index contributed by atoms with van der Waals surface area (Å²) < 4.78 is 11.0. The van der Waals surface area contributed by atoms with Gasteiger partial charge in [-0.15, -0.1) is 4.91 Å². The van der Waals surface area contributed by atoms with Gasteiger partial charge in [-0.05, 0) is 98.7 Å². The Balaban J connectivity index is 1.73. The number of ether oxygens (including phenoxy) is 2. The number of rotatable bonds is 14. The molecular weight excluding hydrogens is 590 g/mol. The molecule has 0 spiro atoms. The molecule has 0 saturated heterocycles. The van der Waals surface area contributed by atoms with Crippen LogP contribution in [-0.4, -0.2) is 30.3 Å². The molecule has 0 amide bonds. The molecule has 2 aromatic carbocycles. The summed E-state index contributed by atoms with van der Waals surface area (Å²) in [5.41, 5.74) is 5.20. The van der Waals surface area contributed by atoms with Crippen LogP contribution in [0.4, 0.5) is 5.69 Å². The predicted molar refractivity (Wildman–Crippen MR) is 192 cm³/mol. The molecule has 0 saturated carbocycles. The zero-order valence-corrected chi connectivity index (χ0v) is 31.3. The third-order valence-electron chi connectivity index (χ3n) is 8.46. The Morgan fingerprint density at radius 1 is 0.574 bits per heavy atom. The Bertz CT molecular complexity index is 1310. The van der Waals surface area contributed by atoms with Gasteiger partial charge in [0.05, 0.1) is 13.2 Å². The van der Waals surface area contributed by atoms with Gasteiger partial charge in [-0.3, -0.25) is 9.59 Å². The fourth-order valence-electron chi connectivity index (χ4n) is 5.63. The number of benzene rings is 2. The zero-order chi connectivity index (χ0) is 35.8. The van der Waals surface area contributed by atoms with Gasteiger partial charge in [0.1, 0.15) is 11.4 Å². The van der Waals surface area contributed by atoms with Crippen molar-refractivity contribution in [2.24, 2.45) is 5.18 Å². The number of esters is 2. The average molecular weight is 652 g/mol. The fraction of sp³-hybridized carbons (Fsp3) is 0.650. The second-order valence-electron chi connectivity index (χ2n) is 17.0. The molecule has 0 unspecified atom stereocenters. The van der Waals surface area contributed by atoms with Crippen LogP contribution < -0.4 is 0 Å². The van der Waals surface area contributed by atoms with Gasteiger partial charge in [-0.1, -0.05) is 107 Å². The molecule has 0 fully saturated rings. The van der Waals surface area contributed by atoms with E-state index in [9.17, 15) is 19.6 Å². The lowest BCUT2D eigenvalue weighted by atomic mass is 9.77. The molecule has 262 valence electrons. The number of aromatic hydroxyl groups is 1. The molecule has 0 aromatic heterocycles. The molecule has 0 radical (unpaired) electrons. The lowest BCUT2D eigenvalue weighted by molar-refractivity contribution is -0.145.